The van der Waals surface area contributed by atoms with Crippen molar-refractivity contribution >= 4 is 81.2 Å². The molecule has 0 aliphatic heterocycles. The minimum atomic E-state index is -1.53. The second-order valence-electron chi connectivity index (χ2n) is 2.17. The Morgan fingerprint density at radius 2 is 1.42 bits per heavy atom. The van der Waals surface area contributed by atoms with E-state index in [-0.39, 0.29) is 12.3 Å². The van der Waals surface area contributed by atoms with E-state index in [1.54, 1.807) is 0 Å². The molecule has 0 bridgehead atoms. The molecule has 1 unspecified atom stereocenters. The molecule has 74 valence electrons. The van der Waals surface area contributed by atoms with E-state index in [1.807, 2.05) is 0 Å². The Morgan fingerprint density at radius 1 is 1.00 bits per heavy atom. The summed E-state index contributed by atoms with van der Waals surface area (Å²) in [6.07, 6.45) is -0.0747. The fourth-order valence-electron chi connectivity index (χ4n) is 0.491. The van der Waals surface area contributed by atoms with Crippen LogP contribution in [-0.4, -0.2) is 19.4 Å². The maximum atomic E-state index is 5.77. The summed E-state index contributed by atoms with van der Waals surface area (Å²) in [5.74, 6) is 0.0926. The van der Waals surface area contributed by atoms with Crippen molar-refractivity contribution in [1.29, 1.82) is 0 Å². The zero-order chi connectivity index (χ0) is 9.99. The molecule has 0 saturated carbocycles. The van der Waals surface area contributed by atoms with Crippen LogP contribution in [0.5, 0.6) is 0 Å². The molecule has 0 heterocycles. The van der Waals surface area contributed by atoms with Crippen molar-refractivity contribution in [2.45, 2.75) is 19.9 Å². The summed E-state index contributed by atoms with van der Waals surface area (Å²) in [7, 11) is 0. The van der Waals surface area contributed by atoms with Gasteiger partial charge in [0.1, 0.15) is 4.33 Å². The van der Waals surface area contributed by atoms with Gasteiger partial charge in [-0.25, -0.2) is 0 Å². The van der Waals surface area contributed by atoms with Crippen LogP contribution in [0.2, 0.25) is 0 Å². The predicted octanol–water partition coefficient (Wildman–Crippen LogP) is 4.77. The third-order valence-corrected chi connectivity index (χ3v) is 3.44. The van der Waals surface area contributed by atoms with Gasteiger partial charge >= 0.3 is 0 Å². The fraction of sp³-hybridized carbons (Fsp3) is 1.00. The molecule has 7 heteroatoms. The summed E-state index contributed by atoms with van der Waals surface area (Å²) in [5, 5.41) is -0.655. The lowest BCUT2D eigenvalue weighted by molar-refractivity contribution is 0.693. The molecule has 0 aromatic rings. The Balaban J connectivity index is 4.22. The molecule has 0 radical (unpaired) electrons. The number of rotatable bonds is 3. The van der Waals surface area contributed by atoms with Gasteiger partial charge in [0.25, 0.3) is 0 Å². The summed E-state index contributed by atoms with van der Waals surface area (Å²) >= 11 is 39.1. The van der Waals surface area contributed by atoms with Gasteiger partial charge in [0.15, 0.2) is 3.79 Å². The van der Waals surface area contributed by atoms with E-state index in [0.717, 1.165) is 0 Å². The van der Waals surface area contributed by atoms with Crippen molar-refractivity contribution in [1.82, 2.24) is 0 Å². The topological polar surface area (TPSA) is 0 Å². The van der Waals surface area contributed by atoms with E-state index in [9.17, 15) is 0 Å². The predicted molar refractivity (Wildman–Crippen MR) is 59.7 cm³/mol. The summed E-state index contributed by atoms with van der Waals surface area (Å²) in [5.41, 5.74) is 0. The molecule has 0 amide bonds. The monoisotopic (exact) mass is 310 g/mol. The van der Waals surface area contributed by atoms with Crippen LogP contribution >= 0.6 is 81.2 Å². The van der Waals surface area contributed by atoms with E-state index < -0.39 is 13.5 Å². The zero-order valence-electron chi connectivity index (χ0n) is 5.64. The van der Waals surface area contributed by atoms with Gasteiger partial charge in [0.05, 0.1) is 5.38 Å². The van der Waals surface area contributed by atoms with E-state index in [2.05, 4.69) is 0 Å². The largest absolute Gasteiger partial charge is 0.193 e. The number of halogens is 7. The molecule has 0 rings (SSSR count). The van der Waals surface area contributed by atoms with E-state index >= 15 is 0 Å². The Bertz CT molecular complexity index is 137. The van der Waals surface area contributed by atoms with Crippen molar-refractivity contribution < 1.29 is 0 Å². The lowest BCUT2D eigenvalue weighted by Crippen LogP contribution is -2.32. The van der Waals surface area contributed by atoms with Gasteiger partial charge < -0.3 is 0 Å². The van der Waals surface area contributed by atoms with Crippen LogP contribution in [0.15, 0.2) is 0 Å². The number of hydrogen-bond acceptors (Lipinski definition) is 0. The second kappa shape index (κ2) is 5.21. The third kappa shape index (κ3) is 5.70. The minimum Gasteiger partial charge on any atom is -0.125 e. The molecule has 0 aromatic carbocycles. The highest BCUT2D eigenvalue weighted by Gasteiger charge is 2.40. The number of alkyl halides is 7. The van der Waals surface area contributed by atoms with Crippen LogP contribution in [0.4, 0.5) is 0 Å². The van der Waals surface area contributed by atoms with Gasteiger partial charge in [-0.2, -0.15) is 0 Å². The molecular formula is C5H5Cl7. The van der Waals surface area contributed by atoms with E-state index in [0.29, 0.717) is 0 Å². The molecule has 0 saturated heterocycles. The highest BCUT2D eigenvalue weighted by Crippen LogP contribution is 2.44. The second-order valence-corrected chi connectivity index (χ2v) is 7.07. The molecule has 0 N–H and O–H groups in total. The maximum absolute atomic E-state index is 5.77. The van der Waals surface area contributed by atoms with Crippen LogP contribution in [0, 0.1) is 0 Å². The molecular weight excluding hydrogens is 308 g/mol. The molecule has 0 aliphatic carbocycles. The molecule has 0 spiro atoms. The summed E-state index contributed by atoms with van der Waals surface area (Å²) in [6.45, 7) is 0. The summed E-state index contributed by atoms with van der Waals surface area (Å²) in [6, 6.07) is 0. The molecule has 0 nitrogen and oxygen atoms in total. The van der Waals surface area contributed by atoms with E-state index in [1.165, 1.54) is 0 Å². The van der Waals surface area contributed by atoms with Crippen molar-refractivity contribution in [3.63, 3.8) is 0 Å². The SMILES string of the molecule is ClCC(Cl)C(Cl)(Cl)CC(Cl)(Cl)Cl. The summed E-state index contributed by atoms with van der Waals surface area (Å²) < 4.78 is -2.85. The first-order chi connectivity index (χ1) is 5.19. The molecule has 12 heavy (non-hydrogen) atoms. The van der Waals surface area contributed by atoms with Gasteiger partial charge in [-0.1, -0.05) is 58.0 Å². The Hall–Kier alpha value is 2.03. The standard InChI is InChI=1S/C5H5Cl7/c6-1-3(7)4(8,9)2-5(10,11)12/h3H,1-2H2. The van der Waals surface area contributed by atoms with Gasteiger partial charge in [-0.15, -0.1) is 23.2 Å². The highest BCUT2D eigenvalue weighted by molar-refractivity contribution is 6.68. The number of hydrogen-bond donors (Lipinski definition) is 0. The molecule has 1 atom stereocenters. The van der Waals surface area contributed by atoms with Gasteiger partial charge in [0.2, 0.25) is 0 Å². The highest BCUT2D eigenvalue weighted by atomic mass is 35.6. The van der Waals surface area contributed by atoms with Gasteiger partial charge in [-0.3, -0.25) is 0 Å². The maximum Gasteiger partial charge on any atom is 0.193 e. The molecule has 0 aromatic heterocycles. The van der Waals surface area contributed by atoms with Crippen molar-refractivity contribution in [2.24, 2.45) is 0 Å². The average molecular weight is 313 g/mol. The normalized spacial score (nSPS) is 16.2. The van der Waals surface area contributed by atoms with Crippen LogP contribution in [0.3, 0.4) is 0 Å². The van der Waals surface area contributed by atoms with Gasteiger partial charge in [0, 0.05) is 12.3 Å². The first-order valence-corrected chi connectivity index (χ1v) is 5.70. The van der Waals surface area contributed by atoms with Crippen molar-refractivity contribution in [3.8, 4) is 0 Å². The Labute approximate surface area is 106 Å². The Kier molecular flexibility index (Phi) is 6.09. The van der Waals surface area contributed by atoms with Crippen LogP contribution in [0.25, 0.3) is 0 Å². The minimum absolute atomic E-state index is 0.0747. The van der Waals surface area contributed by atoms with Crippen LogP contribution in [-0.2, 0) is 0 Å². The smallest absolute Gasteiger partial charge is 0.125 e. The average Bonchev–Trinajstić information content (AvgIpc) is 1.80. The third-order valence-electron chi connectivity index (χ3n) is 1.03. The first kappa shape index (κ1) is 14.0. The van der Waals surface area contributed by atoms with Crippen LogP contribution in [0.1, 0.15) is 6.42 Å². The lowest BCUT2D eigenvalue weighted by Gasteiger charge is -2.26. The molecule has 0 fully saturated rings. The van der Waals surface area contributed by atoms with Gasteiger partial charge in [-0.05, 0) is 0 Å². The first-order valence-electron chi connectivity index (χ1n) is 2.83. The fourth-order valence-corrected chi connectivity index (χ4v) is 2.59. The lowest BCUT2D eigenvalue weighted by atomic mass is 10.2. The summed E-state index contributed by atoms with van der Waals surface area (Å²) in [4.78, 5) is 0. The van der Waals surface area contributed by atoms with E-state index in [4.69, 9.17) is 81.2 Å². The zero-order valence-corrected chi connectivity index (χ0v) is 10.9. The van der Waals surface area contributed by atoms with Crippen LogP contribution < -0.4 is 0 Å². The Morgan fingerprint density at radius 3 is 1.67 bits per heavy atom. The quantitative estimate of drug-likeness (QED) is 0.659. The molecule has 0 aliphatic rings. The van der Waals surface area contributed by atoms with Crippen molar-refractivity contribution in [2.75, 3.05) is 5.88 Å². The van der Waals surface area contributed by atoms with Crippen molar-refractivity contribution in [3.05, 3.63) is 0 Å².